The van der Waals surface area contributed by atoms with Crippen molar-refractivity contribution >= 4 is 34.4 Å². The van der Waals surface area contributed by atoms with E-state index < -0.39 is 5.67 Å². The van der Waals surface area contributed by atoms with Crippen LogP contribution in [0.3, 0.4) is 0 Å². The number of nitrogens with one attached hydrogen (secondary N) is 2. The Morgan fingerprint density at radius 2 is 1.76 bits per heavy atom. The van der Waals surface area contributed by atoms with Crippen LogP contribution >= 0.6 is 0 Å². The van der Waals surface area contributed by atoms with Gasteiger partial charge in [0.1, 0.15) is 17.8 Å². The lowest BCUT2D eigenvalue weighted by molar-refractivity contribution is -0.126. The predicted molar refractivity (Wildman–Crippen MR) is 157 cm³/mol. The summed E-state index contributed by atoms with van der Waals surface area (Å²) in [6.07, 6.45) is 1.42. The highest BCUT2D eigenvalue weighted by atomic mass is 19.1. The molecule has 10 nitrogen and oxygen atoms in total. The molecule has 1 aliphatic heterocycles. The lowest BCUT2D eigenvalue weighted by Gasteiger charge is -2.33. The molecule has 0 atom stereocenters. The highest BCUT2D eigenvalue weighted by molar-refractivity contribution is 6.08. The number of carbonyl (C=O) groups excluding carboxylic acids is 2. The maximum atomic E-state index is 14.2. The molecule has 212 valence electrons. The smallest absolute Gasteiger partial charge is 0.252 e. The van der Waals surface area contributed by atoms with Gasteiger partial charge in [-0.15, -0.1) is 0 Å². The first kappa shape index (κ1) is 27.9. The Hall–Kier alpha value is -4.61. The lowest BCUT2D eigenvalue weighted by Crippen LogP contribution is -2.53. The molecule has 2 aromatic carbocycles. The number of alkyl halides is 1. The summed E-state index contributed by atoms with van der Waals surface area (Å²) < 4.78 is 21.1. The molecule has 0 saturated carbocycles. The van der Waals surface area contributed by atoms with Gasteiger partial charge in [0.2, 0.25) is 0 Å². The minimum Gasteiger partial charge on any atom is -0.383 e. The van der Waals surface area contributed by atoms with E-state index in [1.165, 1.54) is 6.33 Å². The fourth-order valence-electron chi connectivity index (χ4n) is 4.83. The van der Waals surface area contributed by atoms with Crippen LogP contribution in [0.1, 0.15) is 10.4 Å². The number of ether oxygens (including phenoxy) is 1. The van der Waals surface area contributed by atoms with Crippen LogP contribution in [0, 0.1) is 0 Å². The number of aryl methyl sites for hydroxylation is 1. The zero-order chi connectivity index (χ0) is 29.3. The van der Waals surface area contributed by atoms with Crippen molar-refractivity contribution in [2.75, 3.05) is 51.4 Å². The highest BCUT2D eigenvalue weighted by Crippen LogP contribution is 2.41. The number of nitrogens with zero attached hydrogens (tertiary/aromatic N) is 4. The summed E-state index contributed by atoms with van der Waals surface area (Å²) in [4.78, 5) is 35.7. The van der Waals surface area contributed by atoms with Crippen molar-refractivity contribution in [3.63, 3.8) is 0 Å². The SMILES string of the molecule is C=C(CN(C)C)C(=O)Nc1ccc(-c2c(-c3ccc(C(=O)NCC4(F)COC4)cc3)c3c(N)ncnc3n2C)cc1. The monoisotopic (exact) mass is 557 g/mol. The summed E-state index contributed by atoms with van der Waals surface area (Å²) in [6.45, 7) is 4.18. The average Bonchev–Trinajstić information content (AvgIpc) is 3.24. The third kappa shape index (κ3) is 5.67. The number of halogens is 1. The van der Waals surface area contributed by atoms with Gasteiger partial charge in [-0.2, -0.15) is 0 Å². The standard InChI is InChI=1S/C30H32FN7O3/c1-18(13-37(2)3)28(39)36-22-11-9-20(10-12-22)25-23(24-26(32)34-17-35-27(24)38(25)4)19-5-7-21(8-6-19)29(40)33-14-30(31)15-41-16-30/h5-12,17H,1,13-16H2,2-4H3,(H,33,40)(H,36,39)(H2,32,34,35). The number of likely N-dealkylation sites (N-methyl/N-ethyl adjacent to an activating group) is 1. The number of nitrogen functional groups attached to an aromatic ring is 1. The molecule has 0 unspecified atom stereocenters. The van der Waals surface area contributed by atoms with Crippen molar-refractivity contribution in [1.82, 2.24) is 24.8 Å². The molecule has 4 N–H and O–H groups in total. The molecule has 0 radical (unpaired) electrons. The van der Waals surface area contributed by atoms with E-state index in [2.05, 4.69) is 27.2 Å². The zero-order valence-electron chi connectivity index (χ0n) is 23.2. The van der Waals surface area contributed by atoms with E-state index in [0.717, 1.165) is 22.4 Å². The molecule has 0 aliphatic carbocycles. The van der Waals surface area contributed by atoms with Gasteiger partial charge in [-0.1, -0.05) is 30.8 Å². The molecule has 41 heavy (non-hydrogen) atoms. The Labute approximate surface area is 237 Å². The Bertz CT molecular complexity index is 1620. The Morgan fingerprint density at radius 3 is 2.37 bits per heavy atom. The van der Waals surface area contributed by atoms with E-state index in [9.17, 15) is 14.0 Å². The Balaban J connectivity index is 1.46. The van der Waals surface area contributed by atoms with Crippen LogP contribution in [0.5, 0.6) is 0 Å². The molecule has 4 aromatic rings. The molecule has 5 rings (SSSR count). The number of hydrogen-bond acceptors (Lipinski definition) is 7. The third-order valence-corrected chi connectivity index (χ3v) is 6.96. The quantitative estimate of drug-likeness (QED) is 0.269. The summed E-state index contributed by atoms with van der Waals surface area (Å²) in [5.74, 6) is -0.285. The minimum absolute atomic E-state index is 0.0152. The van der Waals surface area contributed by atoms with Gasteiger partial charge in [0.25, 0.3) is 11.8 Å². The number of benzene rings is 2. The summed E-state index contributed by atoms with van der Waals surface area (Å²) in [5.41, 5.74) is 10.3. The molecule has 0 bridgehead atoms. The normalized spacial score (nSPS) is 14.1. The fraction of sp³-hybridized carbons (Fsp3) is 0.267. The average molecular weight is 558 g/mol. The van der Waals surface area contributed by atoms with Crippen molar-refractivity contribution in [3.05, 3.63) is 72.6 Å². The fourth-order valence-corrected chi connectivity index (χ4v) is 4.83. The van der Waals surface area contributed by atoms with Crippen molar-refractivity contribution in [2.24, 2.45) is 7.05 Å². The van der Waals surface area contributed by atoms with Gasteiger partial charge in [-0.3, -0.25) is 9.59 Å². The van der Waals surface area contributed by atoms with Crippen molar-refractivity contribution < 1.29 is 18.7 Å². The van der Waals surface area contributed by atoms with Crippen LogP contribution in [0.25, 0.3) is 33.4 Å². The number of nitrogens with two attached hydrogens (primary N) is 1. The van der Waals surface area contributed by atoms with Gasteiger partial charge < -0.3 is 30.6 Å². The molecule has 1 saturated heterocycles. The first-order chi connectivity index (χ1) is 19.6. The summed E-state index contributed by atoms with van der Waals surface area (Å²) in [7, 11) is 5.65. The Kier molecular flexibility index (Phi) is 7.57. The number of rotatable bonds is 9. The van der Waals surface area contributed by atoms with Gasteiger partial charge in [0.15, 0.2) is 5.67 Å². The largest absolute Gasteiger partial charge is 0.383 e. The van der Waals surface area contributed by atoms with Crippen LogP contribution in [0.4, 0.5) is 15.9 Å². The van der Waals surface area contributed by atoms with Crippen molar-refractivity contribution in [2.45, 2.75) is 5.67 Å². The molecule has 3 heterocycles. The predicted octanol–water partition coefficient (Wildman–Crippen LogP) is 3.41. The third-order valence-electron chi connectivity index (χ3n) is 6.96. The second-order valence-corrected chi connectivity index (χ2v) is 10.5. The first-order valence-electron chi connectivity index (χ1n) is 13.0. The van der Waals surface area contributed by atoms with E-state index in [0.29, 0.717) is 40.2 Å². The topological polar surface area (TPSA) is 127 Å². The van der Waals surface area contributed by atoms with E-state index in [-0.39, 0.29) is 31.6 Å². The molecular weight excluding hydrogens is 525 g/mol. The second-order valence-electron chi connectivity index (χ2n) is 10.5. The lowest BCUT2D eigenvalue weighted by atomic mass is 9.97. The van der Waals surface area contributed by atoms with Gasteiger partial charge in [0.05, 0.1) is 30.8 Å². The molecule has 2 aromatic heterocycles. The maximum Gasteiger partial charge on any atom is 0.252 e. The van der Waals surface area contributed by atoms with E-state index >= 15 is 0 Å². The van der Waals surface area contributed by atoms with E-state index in [1.807, 2.05) is 67.0 Å². The molecule has 1 aliphatic rings. The number of hydrogen-bond donors (Lipinski definition) is 3. The van der Waals surface area contributed by atoms with Crippen LogP contribution in [0.2, 0.25) is 0 Å². The van der Waals surface area contributed by atoms with Gasteiger partial charge in [-0.05, 0) is 49.5 Å². The van der Waals surface area contributed by atoms with Crippen molar-refractivity contribution in [1.29, 1.82) is 0 Å². The first-order valence-corrected chi connectivity index (χ1v) is 13.0. The summed E-state index contributed by atoms with van der Waals surface area (Å²) in [6, 6.07) is 14.5. The summed E-state index contributed by atoms with van der Waals surface area (Å²) >= 11 is 0. The summed E-state index contributed by atoms with van der Waals surface area (Å²) in [5, 5.41) is 6.21. The zero-order valence-corrected chi connectivity index (χ0v) is 23.2. The van der Waals surface area contributed by atoms with Crippen LogP contribution < -0.4 is 16.4 Å². The molecule has 2 amide bonds. The Morgan fingerprint density at radius 1 is 1.10 bits per heavy atom. The number of carbonyl (C=O) groups is 2. The molecular formula is C30H32FN7O3. The van der Waals surface area contributed by atoms with Gasteiger partial charge in [0, 0.05) is 36.0 Å². The van der Waals surface area contributed by atoms with Crippen molar-refractivity contribution in [3.8, 4) is 22.4 Å². The number of aromatic nitrogens is 3. The minimum atomic E-state index is -1.51. The number of fused-ring (bicyclic) bond motifs is 1. The van der Waals surface area contributed by atoms with Gasteiger partial charge in [-0.25, -0.2) is 14.4 Å². The molecule has 11 heteroatoms. The second kappa shape index (κ2) is 11.1. The van der Waals surface area contributed by atoms with E-state index in [4.69, 9.17) is 10.5 Å². The highest BCUT2D eigenvalue weighted by Gasteiger charge is 2.39. The number of amides is 2. The molecule has 1 fully saturated rings. The maximum absolute atomic E-state index is 14.2. The van der Waals surface area contributed by atoms with Gasteiger partial charge >= 0.3 is 0 Å². The van der Waals surface area contributed by atoms with Crippen LogP contribution in [0.15, 0.2) is 67.0 Å². The van der Waals surface area contributed by atoms with Crippen LogP contribution in [-0.2, 0) is 16.6 Å². The van der Waals surface area contributed by atoms with E-state index in [1.54, 1.807) is 12.1 Å². The number of anilines is 2. The van der Waals surface area contributed by atoms with Crippen LogP contribution in [-0.4, -0.2) is 77.3 Å². The molecule has 0 spiro atoms.